The lowest BCUT2D eigenvalue weighted by Gasteiger charge is -2.31. The molecule has 174 valence electrons. The van der Waals surface area contributed by atoms with Gasteiger partial charge in [0.05, 0.1) is 0 Å². The fraction of sp³-hybridized carbons (Fsp3) is 0.423. The predicted octanol–water partition coefficient (Wildman–Crippen LogP) is 4.02. The Bertz CT molecular complexity index is 983. The van der Waals surface area contributed by atoms with Crippen LogP contribution >= 0.6 is 0 Å². The first-order valence-corrected chi connectivity index (χ1v) is 11.5. The lowest BCUT2D eigenvalue weighted by Crippen LogP contribution is -2.42. The van der Waals surface area contributed by atoms with Crippen molar-refractivity contribution in [3.8, 4) is 11.1 Å². The molecule has 0 spiro atoms. The van der Waals surface area contributed by atoms with Crippen LogP contribution in [-0.2, 0) is 14.3 Å². The zero-order valence-corrected chi connectivity index (χ0v) is 18.8. The van der Waals surface area contributed by atoms with Crippen LogP contribution in [0.25, 0.3) is 11.1 Å². The number of benzene rings is 2. The van der Waals surface area contributed by atoms with Crippen LogP contribution in [0, 0.1) is 5.92 Å². The summed E-state index contributed by atoms with van der Waals surface area (Å²) >= 11 is 0. The molecule has 1 saturated heterocycles. The Morgan fingerprint density at radius 2 is 1.61 bits per heavy atom. The van der Waals surface area contributed by atoms with E-state index in [0.29, 0.717) is 31.8 Å². The third kappa shape index (κ3) is 5.18. The highest BCUT2D eigenvalue weighted by atomic mass is 16.5. The molecule has 7 nitrogen and oxygen atoms in total. The zero-order valence-electron chi connectivity index (χ0n) is 18.8. The monoisotopic (exact) mass is 450 g/mol. The van der Waals surface area contributed by atoms with E-state index in [9.17, 15) is 19.5 Å². The van der Waals surface area contributed by atoms with Gasteiger partial charge in [0.15, 0.2) is 0 Å². The van der Waals surface area contributed by atoms with Gasteiger partial charge in [-0.25, -0.2) is 9.59 Å². The number of likely N-dealkylation sites (tertiary alicyclic amines) is 1. The van der Waals surface area contributed by atoms with Crippen molar-refractivity contribution in [2.45, 2.75) is 44.6 Å². The average molecular weight is 451 g/mol. The van der Waals surface area contributed by atoms with Crippen LogP contribution in [0.2, 0.25) is 0 Å². The first-order chi connectivity index (χ1) is 15.9. The fourth-order valence-electron chi connectivity index (χ4n) is 4.98. The van der Waals surface area contributed by atoms with E-state index in [1.54, 1.807) is 6.92 Å². The van der Waals surface area contributed by atoms with Crippen LogP contribution in [0.15, 0.2) is 48.5 Å². The van der Waals surface area contributed by atoms with Crippen LogP contribution < -0.4 is 5.32 Å². The maximum Gasteiger partial charge on any atom is 0.407 e. The lowest BCUT2D eigenvalue weighted by atomic mass is 9.90. The topological polar surface area (TPSA) is 95.9 Å². The van der Waals surface area contributed by atoms with E-state index < -0.39 is 18.1 Å². The summed E-state index contributed by atoms with van der Waals surface area (Å²) in [6.45, 7) is 3.13. The Balaban J connectivity index is 1.30. The van der Waals surface area contributed by atoms with Gasteiger partial charge in [0, 0.05) is 25.9 Å². The Kier molecular flexibility index (Phi) is 6.96. The number of carboxylic acid groups (broad SMARTS) is 1. The van der Waals surface area contributed by atoms with Crippen LogP contribution in [0.5, 0.6) is 0 Å². The molecule has 1 unspecified atom stereocenters. The van der Waals surface area contributed by atoms with Crippen molar-refractivity contribution in [1.29, 1.82) is 0 Å². The first kappa shape index (κ1) is 22.8. The predicted molar refractivity (Wildman–Crippen MR) is 124 cm³/mol. The molecule has 1 aliphatic heterocycles. The minimum Gasteiger partial charge on any atom is -0.480 e. The summed E-state index contributed by atoms with van der Waals surface area (Å²) in [4.78, 5) is 37.5. The largest absolute Gasteiger partial charge is 0.480 e. The van der Waals surface area contributed by atoms with E-state index in [-0.39, 0.29) is 18.4 Å². The molecular formula is C26H30N2O5. The van der Waals surface area contributed by atoms with Gasteiger partial charge in [-0.2, -0.15) is 0 Å². The molecule has 33 heavy (non-hydrogen) atoms. The molecule has 1 aliphatic carbocycles. The molecular weight excluding hydrogens is 420 g/mol. The highest BCUT2D eigenvalue weighted by molar-refractivity contribution is 5.81. The van der Waals surface area contributed by atoms with Crippen molar-refractivity contribution in [2.75, 3.05) is 19.7 Å². The number of aliphatic carboxylic acids is 1. The molecule has 2 N–H and O–H groups in total. The number of amides is 2. The van der Waals surface area contributed by atoms with Crippen molar-refractivity contribution in [2.24, 2.45) is 5.92 Å². The summed E-state index contributed by atoms with van der Waals surface area (Å²) in [5.74, 6) is -0.705. The molecule has 0 aromatic heterocycles. The van der Waals surface area contributed by atoms with E-state index in [0.717, 1.165) is 35.1 Å². The highest BCUT2D eigenvalue weighted by Crippen LogP contribution is 2.44. The average Bonchev–Trinajstić information content (AvgIpc) is 3.14. The standard InChI is InChI=1S/C26H30N2O5/c1-17(29)28-14-12-18(13-15-28)10-11-24(25(30)31)27-26(32)33-16-23-21-8-4-2-6-19(21)20-7-3-5-9-22(20)23/h2-9,18,23-24H,10-16H2,1H3,(H,27,32)(H,30,31). The van der Waals surface area contributed by atoms with Gasteiger partial charge < -0.3 is 20.1 Å². The number of hydrogen-bond donors (Lipinski definition) is 2. The van der Waals surface area contributed by atoms with Crippen molar-refractivity contribution in [1.82, 2.24) is 10.2 Å². The molecule has 2 aromatic rings. The molecule has 2 amide bonds. The number of carbonyl (C=O) groups excluding carboxylic acids is 2. The van der Waals surface area contributed by atoms with E-state index >= 15 is 0 Å². The van der Waals surface area contributed by atoms with E-state index in [2.05, 4.69) is 17.4 Å². The zero-order chi connectivity index (χ0) is 23.4. The molecule has 1 atom stereocenters. The number of hydrogen-bond acceptors (Lipinski definition) is 4. The van der Waals surface area contributed by atoms with Crippen LogP contribution in [-0.4, -0.2) is 53.7 Å². The maximum absolute atomic E-state index is 12.5. The number of rotatable bonds is 7. The van der Waals surface area contributed by atoms with Gasteiger partial charge in [-0.3, -0.25) is 4.79 Å². The van der Waals surface area contributed by atoms with Crippen LogP contribution in [0.1, 0.15) is 49.7 Å². The van der Waals surface area contributed by atoms with Gasteiger partial charge >= 0.3 is 12.1 Å². The number of carboxylic acids is 1. The van der Waals surface area contributed by atoms with Gasteiger partial charge in [0.2, 0.25) is 5.91 Å². The van der Waals surface area contributed by atoms with E-state index in [4.69, 9.17) is 4.74 Å². The smallest absolute Gasteiger partial charge is 0.407 e. The van der Waals surface area contributed by atoms with Crippen LogP contribution in [0.3, 0.4) is 0 Å². The number of carbonyl (C=O) groups is 3. The Morgan fingerprint density at radius 1 is 1.03 bits per heavy atom. The lowest BCUT2D eigenvalue weighted by molar-refractivity contribution is -0.139. The number of nitrogens with zero attached hydrogens (tertiary/aromatic N) is 1. The van der Waals surface area contributed by atoms with Gasteiger partial charge in [-0.15, -0.1) is 0 Å². The molecule has 0 saturated carbocycles. The summed E-state index contributed by atoms with van der Waals surface area (Å²) < 4.78 is 5.50. The van der Waals surface area contributed by atoms with Crippen molar-refractivity contribution in [3.05, 3.63) is 59.7 Å². The van der Waals surface area contributed by atoms with Gasteiger partial charge in [-0.05, 0) is 53.9 Å². The maximum atomic E-state index is 12.5. The first-order valence-electron chi connectivity index (χ1n) is 11.5. The molecule has 4 rings (SSSR count). The summed E-state index contributed by atoms with van der Waals surface area (Å²) in [5.41, 5.74) is 4.50. The second-order valence-electron chi connectivity index (χ2n) is 8.89. The summed E-state index contributed by atoms with van der Waals surface area (Å²) in [7, 11) is 0. The SMILES string of the molecule is CC(=O)N1CCC(CCC(NC(=O)OCC2c3ccccc3-c3ccccc32)C(=O)O)CC1. The molecule has 2 aliphatic rings. The number of nitrogens with one attached hydrogen (secondary N) is 1. The van der Waals surface area contributed by atoms with Crippen molar-refractivity contribution < 1.29 is 24.2 Å². The third-order valence-corrected chi connectivity index (χ3v) is 6.86. The van der Waals surface area contributed by atoms with E-state index in [1.807, 2.05) is 41.3 Å². The van der Waals surface area contributed by atoms with Crippen molar-refractivity contribution >= 4 is 18.0 Å². The molecule has 2 aromatic carbocycles. The fourth-order valence-corrected chi connectivity index (χ4v) is 4.98. The normalized spacial score (nSPS) is 16.6. The number of piperidine rings is 1. The van der Waals surface area contributed by atoms with Gasteiger partial charge in [0.1, 0.15) is 12.6 Å². The number of fused-ring (bicyclic) bond motifs is 3. The van der Waals surface area contributed by atoms with Gasteiger partial charge in [-0.1, -0.05) is 48.5 Å². The molecule has 0 bridgehead atoms. The molecule has 1 fully saturated rings. The molecule has 1 heterocycles. The Labute approximate surface area is 193 Å². The number of alkyl carbamates (subject to hydrolysis) is 1. The second-order valence-corrected chi connectivity index (χ2v) is 8.89. The Hall–Kier alpha value is -3.35. The molecule has 7 heteroatoms. The summed E-state index contributed by atoms with van der Waals surface area (Å²) in [5, 5.41) is 12.1. The highest BCUT2D eigenvalue weighted by Gasteiger charge is 2.30. The quantitative estimate of drug-likeness (QED) is 0.664. The third-order valence-electron chi connectivity index (χ3n) is 6.86. The van der Waals surface area contributed by atoms with E-state index in [1.165, 1.54) is 0 Å². The summed E-state index contributed by atoms with van der Waals surface area (Å²) in [6, 6.07) is 15.1. The minimum atomic E-state index is -1.07. The van der Waals surface area contributed by atoms with Gasteiger partial charge in [0.25, 0.3) is 0 Å². The Morgan fingerprint density at radius 3 is 2.15 bits per heavy atom. The minimum absolute atomic E-state index is 0.0714. The second kappa shape index (κ2) is 10.1. The molecule has 0 radical (unpaired) electrons. The van der Waals surface area contributed by atoms with Crippen molar-refractivity contribution in [3.63, 3.8) is 0 Å². The number of ether oxygens (including phenoxy) is 1. The van der Waals surface area contributed by atoms with Crippen LogP contribution in [0.4, 0.5) is 4.79 Å². The summed E-state index contributed by atoms with van der Waals surface area (Å²) in [6.07, 6.45) is 2.03.